The van der Waals surface area contributed by atoms with E-state index in [0.29, 0.717) is 19.0 Å². The van der Waals surface area contributed by atoms with Crippen molar-refractivity contribution in [3.63, 3.8) is 0 Å². The van der Waals surface area contributed by atoms with Crippen LogP contribution in [0.5, 0.6) is 0 Å². The molecule has 0 radical (unpaired) electrons. The number of rotatable bonds is 8. The molecule has 1 atom stereocenters. The van der Waals surface area contributed by atoms with E-state index in [4.69, 9.17) is 5.73 Å². The topological polar surface area (TPSA) is 55.1 Å². The monoisotopic (exact) mass is 200 g/mol. The number of carbonyl (C=O) groups excluding carboxylic acids is 1. The Morgan fingerprint density at radius 2 is 1.93 bits per heavy atom. The number of nitrogens with two attached hydrogens (primary N) is 1. The van der Waals surface area contributed by atoms with Gasteiger partial charge in [-0.3, -0.25) is 4.79 Å². The Hall–Kier alpha value is -0.570. The minimum absolute atomic E-state index is 0.230. The summed E-state index contributed by atoms with van der Waals surface area (Å²) in [7, 11) is 0. The van der Waals surface area contributed by atoms with Crippen LogP contribution in [0, 0.1) is 5.92 Å². The number of nitrogens with one attached hydrogen (secondary N) is 1. The van der Waals surface area contributed by atoms with Gasteiger partial charge in [-0.1, -0.05) is 26.7 Å². The van der Waals surface area contributed by atoms with Gasteiger partial charge in [-0.05, 0) is 19.3 Å². The van der Waals surface area contributed by atoms with Crippen molar-refractivity contribution in [2.45, 2.75) is 52.5 Å². The van der Waals surface area contributed by atoms with Gasteiger partial charge in [-0.25, -0.2) is 0 Å². The molecule has 0 aromatic carbocycles. The van der Waals surface area contributed by atoms with Crippen molar-refractivity contribution in [2.24, 2.45) is 11.7 Å². The molecule has 84 valence electrons. The number of carbonyl (C=O) groups is 1. The lowest BCUT2D eigenvalue weighted by Gasteiger charge is -2.13. The average molecular weight is 200 g/mol. The van der Waals surface area contributed by atoms with Crippen molar-refractivity contribution in [3.8, 4) is 0 Å². The molecule has 3 N–H and O–H groups in total. The Kier molecular flexibility index (Phi) is 7.48. The summed E-state index contributed by atoms with van der Waals surface area (Å²) < 4.78 is 0. The molecular formula is C11H24N2O. The summed E-state index contributed by atoms with van der Waals surface area (Å²) in [5.41, 5.74) is 5.04. The Morgan fingerprint density at radius 1 is 1.29 bits per heavy atom. The molecule has 0 aromatic rings. The molecule has 1 amide bonds. The number of hydrogen-bond donors (Lipinski definition) is 2. The Balaban J connectivity index is 3.27. The first-order valence-corrected chi connectivity index (χ1v) is 5.54. The minimum atomic E-state index is -0.230. The summed E-state index contributed by atoms with van der Waals surface area (Å²) in [6, 6.07) is 0.494. The Morgan fingerprint density at radius 3 is 2.43 bits per heavy atom. The van der Waals surface area contributed by atoms with Gasteiger partial charge in [0.1, 0.15) is 0 Å². The lowest BCUT2D eigenvalue weighted by atomic mass is 10.0. The van der Waals surface area contributed by atoms with Crippen LogP contribution in [0.25, 0.3) is 0 Å². The van der Waals surface area contributed by atoms with Gasteiger partial charge in [0.2, 0.25) is 5.91 Å². The van der Waals surface area contributed by atoms with Gasteiger partial charge >= 0.3 is 0 Å². The van der Waals surface area contributed by atoms with E-state index in [9.17, 15) is 4.79 Å². The third-order valence-corrected chi connectivity index (χ3v) is 2.28. The summed E-state index contributed by atoms with van der Waals surface area (Å²) in [6.45, 7) is 7.34. The molecule has 14 heavy (non-hydrogen) atoms. The van der Waals surface area contributed by atoms with Gasteiger partial charge in [0.25, 0.3) is 0 Å². The summed E-state index contributed by atoms with van der Waals surface area (Å²) in [4.78, 5) is 10.5. The lowest BCUT2D eigenvalue weighted by Crippen LogP contribution is -2.29. The number of hydrogen-bond acceptors (Lipinski definition) is 2. The fourth-order valence-corrected chi connectivity index (χ4v) is 1.38. The van der Waals surface area contributed by atoms with E-state index in [1.165, 1.54) is 19.3 Å². The average Bonchev–Trinajstić information content (AvgIpc) is 2.02. The van der Waals surface area contributed by atoms with Gasteiger partial charge in [-0.2, -0.15) is 0 Å². The highest BCUT2D eigenvalue weighted by molar-refractivity contribution is 5.73. The van der Waals surface area contributed by atoms with Crippen LogP contribution in [-0.2, 0) is 4.79 Å². The second kappa shape index (κ2) is 7.80. The molecule has 0 spiro atoms. The van der Waals surface area contributed by atoms with Gasteiger partial charge in [-0.15, -0.1) is 0 Å². The first-order chi connectivity index (χ1) is 6.52. The predicted molar refractivity (Wildman–Crippen MR) is 60.0 cm³/mol. The van der Waals surface area contributed by atoms with Crippen LogP contribution < -0.4 is 11.1 Å². The maximum absolute atomic E-state index is 10.5. The summed E-state index contributed by atoms with van der Waals surface area (Å²) in [6.07, 6.45) is 4.15. The maximum Gasteiger partial charge on any atom is 0.218 e. The van der Waals surface area contributed by atoms with Crippen molar-refractivity contribution >= 4 is 5.91 Å². The summed E-state index contributed by atoms with van der Waals surface area (Å²) in [5, 5.41) is 3.29. The van der Waals surface area contributed by atoms with E-state index < -0.39 is 0 Å². The lowest BCUT2D eigenvalue weighted by molar-refractivity contribution is -0.117. The smallest absolute Gasteiger partial charge is 0.218 e. The van der Waals surface area contributed by atoms with E-state index in [1.54, 1.807) is 0 Å². The van der Waals surface area contributed by atoms with E-state index in [0.717, 1.165) is 5.92 Å². The van der Waals surface area contributed by atoms with Gasteiger partial charge < -0.3 is 11.1 Å². The maximum atomic E-state index is 10.5. The number of amides is 1. The minimum Gasteiger partial charge on any atom is -0.370 e. The van der Waals surface area contributed by atoms with E-state index in [1.807, 2.05) is 0 Å². The van der Waals surface area contributed by atoms with Crippen LogP contribution in [0.1, 0.15) is 46.5 Å². The Bertz CT molecular complexity index is 157. The summed E-state index contributed by atoms with van der Waals surface area (Å²) >= 11 is 0. The van der Waals surface area contributed by atoms with Crippen LogP contribution in [0.3, 0.4) is 0 Å². The van der Waals surface area contributed by atoms with Gasteiger partial charge in [0.05, 0.1) is 0 Å². The number of primary amides is 1. The molecule has 0 aliphatic heterocycles. The fraction of sp³-hybridized carbons (Fsp3) is 0.909. The van der Waals surface area contributed by atoms with E-state index in [2.05, 4.69) is 26.1 Å². The summed E-state index contributed by atoms with van der Waals surface area (Å²) in [5.74, 6) is 0.555. The molecule has 0 aliphatic carbocycles. The molecule has 1 unspecified atom stereocenters. The molecule has 0 aliphatic rings. The normalized spacial score (nSPS) is 13.1. The molecule has 0 bridgehead atoms. The van der Waals surface area contributed by atoms with Crippen LogP contribution in [-0.4, -0.2) is 18.5 Å². The van der Waals surface area contributed by atoms with Crippen molar-refractivity contribution in [1.29, 1.82) is 0 Å². The highest BCUT2D eigenvalue weighted by Gasteiger charge is 2.02. The molecule has 3 nitrogen and oxygen atoms in total. The quantitative estimate of drug-likeness (QED) is 0.626. The zero-order valence-corrected chi connectivity index (χ0v) is 9.68. The second-order valence-electron chi connectivity index (χ2n) is 4.40. The zero-order chi connectivity index (χ0) is 11.0. The Labute approximate surface area is 87.4 Å². The molecule has 3 heteroatoms. The molecular weight excluding hydrogens is 176 g/mol. The van der Waals surface area contributed by atoms with Crippen molar-refractivity contribution in [3.05, 3.63) is 0 Å². The van der Waals surface area contributed by atoms with E-state index in [-0.39, 0.29) is 5.91 Å². The molecule has 0 fully saturated rings. The second-order valence-corrected chi connectivity index (χ2v) is 4.40. The molecule has 0 saturated carbocycles. The first kappa shape index (κ1) is 13.4. The van der Waals surface area contributed by atoms with Gasteiger partial charge in [0, 0.05) is 19.0 Å². The standard InChI is InChI=1S/C11H24N2O/c1-9(2)5-4-6-10(3)13-8-7-11(12)14/h9-10,13H,4-8H2,1-3H3,(H2,12,14). The molecule has 0 saturated heterocycles. The first-order valence-electron chi connectivity index (χ1n) is 5.54. The molecule has 0 aromatic heterocycles. The van der Waals surface area contributed by atoms with Crippen molar-refractivity contribution < 1.29 is 4.79 Å². The van der Waals surface area contributed by atoms with Gasteiger partial charge in [0.15, 0.2) is 0 Å². The highest BCUT2D eigenvalue weighted by Crippen LogP contribution is 2.07. The highest BCUT2D eigenvalue weighted by atomic mass is 16.1. The van der Waals surface area contributed by atoms with Crippen LogP contribution in [0.15, 0.2) is 0 Å². The van der Waals surface area contributed by atoms with Crippen molar-refractivity contribution in [2.75, 3.05) is 6.54 Å². The van der Waals surface area contributed by atoms with Crippen LogP contribution in [0.4, 0.5) is 0 Å². The predicted octanol–water partition coefficient (Wildman–Crippen LogP) is 1.67. The van der Waals surface area contributed by atoms with Crippen molar-refractivity contribution in [1.82, 2.24) is 5.32 Å². The molecule has 0 heterocycles. The van der Waals surface area contributed by atoms with Crippen LogP contribution in [0.2, 0.25) is 0 Å². The third kappa shape index (κ3) is 9.52. The van der Waals surface area contributed by atoms with Crippen LogP contribution >= 0.6 is 0 Å². The largest absolute Gasteiger partial charge is 0.370 e. The molecule has 0 rings (SSSR count). The SMILES string of the molecule is CC(C)CCCC(C)NCCC(N)=O. The third-order valence-electron chi connectivity index (χ3n) is 2.28. The van der Waals surface area contributed by atoms with E-state index >= 15 is 0 Å². The zero-order valence-electron chi connectivity index (χ0n) is 9.68. The fourth-order valence-electron chi connectivity index (χ4n) is 1.38.